The lowest BCUT2D eigenvalue weighted by Gasteiger charge is -1.99. The van der Waals surface area contributed by atoms with Crippen LogP contribution in [0.5, 0.6) is 0 Å². The first-order valence-electron chi connectivity index (χ1n) is 7.14. The fourth-order valence-electron chi connectivity index (χ4n) is 2.23. The molecule has 0 atom stereocenters. The normalized spacial score (nSPS) is 16.4. The summed E-state index contributed by atoms with van der Waals surface area (Å²) < 4.78 is 18.8. The van der Waals surface area contributed by atoms with Gasteiger partial charge in [-0.05, 0) is 36.3 Å². The van der Waals surface area contributed by atoms with E-state index >= 15 is 0 Å². The highest BCUT2D eigenvalue weighted by Gasteiger charge is 2.25. The van der Waals surface area contributed by atoms with Crippen LogP contribution in [0.1, 0.15) is 18.1 Å². The van der Waals surface area contributed by atoms with Crippen molar-refractivity contribution in [3.8, 4) is 0 Å². The van der Waals surface area contributed by atoms with E-state index < -0.39 is 11.8 Å². The molecule has 0 amide bonds. The van der Waals surface area contributed by atoms with Gasteiger partial charge >= 0.3 is 5.97 Å². The van der Waals surface area contributed by atoms with Crippen LogP contribution in [0.15, 0.2) is 76.9 Å². The number of benzene rings is 2. The van der Waals surface area contributed by atoms with Crippen LogP contribution in [0.2, 0.25) is 0 Å². The third-order valence-electron chi connectivity index (χ3n) is 3.28. The Labute approximate surface area is 133 Å². The quantitative estimate of drug-likeness (QED) is 0.632. The van der Waals surface area contributed by atoms with Gasteiger partial charge in [-0.25, -0.2) is 14.2 Å². The highest BCUT2D eigenvalue weighted by atomic mass is 19.1. The molecule has 0 saturated carbocycles. The van der Waals surface area contributed by atoms with Crippen molar-refractivity contribution in [2.45, 2.75) is 6.92 Å². The predicted octanol–water partition coefficient (Wildman–Crippen LogP) is 4.12. The largest absolute Gasteiger partial charge is 0.402 e. The first-order valence-corrected chi connectivity index (χ1v) is 7.14. The van der Waals surface area contributed by atoms with E-state index in [0.29, 0.717) is 0 Å². The zero-order chi connectivity index (χ0) is 16.2. The van der Waals surface area contributed by atoms with Crippen LogP contribution < -0.4 is 0 Å². The van der Waals surface area contributed by atoms with E-state index in [9.17, 15) is 9.18 Å². The fourth-order valence-corrected chi connectivity index (χ4v) is 2.23. The summed E-state index contributed by atoms with van der Waals surface area (Å²) in [6.45, 7) is 1.86. The number of halogens is 1. The average Bonchev–Trinajstić information content (AvgIpc) is 2.89. The molecule has 0 saturated heterocycles. The van der Waals surface area contributed by atoms with Crippen molar-refractivity contribution in [2.24, 2.45) is 4.99 Å². The van der Waals surface area contributed by atoms with E-state index in [4.69, 9.17) is 4.74 Å². The van der Waals surface area contributed by atoms with E-state index in [-0.39, 0.29) is 17.2 Å². The van der Waals surface area contributed by atoms with Gasteiger partial charge < -0.3 is 4.74 Å². The molecule has 3 nitrogen and oxygen atoms in total. The molecule has 0 unspecified atom stereocenters. The molecule has 0 N–H and O–H groups in total. The van der Waals surface area contributed by atoms with Gasteiger partial charge in [-0.3, -0.25) is 0 Å². The van der Waals surface area contributed by atoms with Gasteiger partial charge in [-0.15, -0.1) is 0 Å². The molecule has 2 aromatic carbocycles. The van der Waals surface area contributed by atoms with Gasteiger partial charge in [0.2, 0.25) is 5.90 Å². The molecule has 1 aliphatic heterocycles. The molecule has 23 heavy (non-hydrogen) atoms. The van der Waals surface area contributed by atoms with E-state index in [1.54, 1.807) is 18.2 Å². The number of hydrogen-bond acceptors (Lipinski definition) is 3. The monoisotopic (exact) mass is 307 g/mol. The Kier molecular flexibility index (Phi) is 4.15. The van der Waals surface area contributed by atoms with Crippen molar-refractivity contribution in [3.05, 3.63) is 88.9 Å². The summed E-state index contributed by atoms with van der Waals surface area (Å²) in [6.07, 6.45) is 3.56. The zero-order valence-corrected chi connectivity index (χ0v) is 12.5. The Morgan fingerprint density at radius 2 is 1.78 bits per heavy atom. The Bertz CT molecular complexity index is 835. The Morgan fingerprint density at radius 1 is 1.09 bits per heavy atom. The van der Waals surface area contributed by atoms with Crippen molar-refractivity contribution in [1.82, 2.24) is 0 Å². The average molecular weight is 307 g/mol. The summed E-state index contributed by atoms with van der Waals surface area (Å²) in [4.78, 5) is 16.0. The van der Waals surface area contributed by atoms with Gasteiger partial charge in [0.05, 0.1) is 5.56 Å². The number of esters is 1. The number of allylic oxidation sites excluding steroid dienone is 2. The standard InChI is InChI=1S/C19H14FNO2/c1-13(11-14-7-3-2-4-8-14)12-17-19(22)23-18(21-17)15-9-5-6-10-16(15)20/h2-12H,1H3/b13-11-,17-12-. The molecule has 1 aliphatic rings. The number of carbonyl (C=O) groups is 1. The maximum Gasteiger partial charge on any atom is 0.363 e. The second-order valence-electron chi connectivity index (χ2n) is 5.11. The predicted molar refractivity (Wildman–Crippen MR) is 87.2 cm³/mol. The first-order chi connectivity index (χ1) is 11.1. The maximum atomic E-state index is 13.7. The van der Waals surface area contributed by atoms with Crippen molar-refractivity contribution < 1.29 is 13.9 Å². The number of hydrogen-bond donors (Lipinski definition) is 0. The molecule has 3 rings (SSSR count). The van der Waals surface area contributed by atoms with Crippen LogP contribution in [0.3, 0.4) is 0 Å². The van der Waals surface area contributed by atoms with Crippen molar-refractivity contribution >= 4 is 17.9 Å². The Morgan fingerprint density at radius 3 is 2.52 bits per heavy atom. The van der Waals surface area contributed by atoms with Gasteiger partial charge in [0.25, 0.3) is 0 Å². The molecule has 4 heteroatoms. The molecular weight excluding hydrogens is 293 g/mol. The van der Waals surface area contributed by atoms with Crippen LogP contribution in [0, 0.1) is 5.82 Å². The second kappa shape index (κ2) is 6.40. The molecule has 0 aromatic heterocycles. The Balaban J connectivity index is 1.89. The number of aliphatic imine (C=N–C) groups is 1. The van der Waals surface area contributed by atoms with E-state index in [1.165, 1.54) is 12.1 Å². The lowest BCUT2D eigenvalue weighted by molar-refractivity contribution is -0.130. The van der Waals surface area contributed by atoms with Gasteiger partial charge in [0, 0.05) is 0 Å². The lowest BCUT2D eigenvalue weighted by atomic mass is 10.1. The third-order valence-corrected chi connectivity index (χ3v) is 3.28. The second-order valence-corrected chi connectivity index (χ2v) is 5.11. The first kappa shape index (κ1) is 14.9. The highest BCUT2D eigenvalue weighted by molar-refractivity contribution is 6.11. The van der Waals surface area contributed by atoms with Crippen molar-refractivity contribution in [1.29, 1.82) is 0 Å². The van der Waals surface area contributed by atoms with Crippen LogP contribution >= 0.6 is 0 Å². The summed E-state index contributed by atoms with van der Waals surface area (Å²) in [7, 11) is 0. The number of carbonyl (C=O) groups excluding carboxylic acids is 1. The fraction of sp³-hybridized carbons (Fsp3) is 0.0526. The van der Waals surface area contributed by atoms with E-state index in [1.807, 2.05) is 43.3 Å². The minimum Gasteiger partial charge on any atom is -0.402 e. The van der Waals surface area contributed by atoms with Crippen molar-refractivity contribution in [3.63, 3.8) is 0 Å². The van der Waals surface area contributed by atoms with Gasteiger partial charge in [-0.1, -0.05) is 48.5 Å². The van der Waals surface area contributed by atoms with Crippen LogP contribution in [0.4, 0.5) is 4.39 Å². The van der Waals surface area contributed by atoms with Gasteiger partial charge in [-0.2, -0.15) is 0 Å². The van der Waals surface area contributed by atoms with E-state index in [0.717, 1.165) is 11.1 Å². The number of rotatable bonds is 3. The molecule has 0 aliphatic carbocycles. The topological polar surface area (TPSA) is 38.7 Å². The molecular formula is C19H14FNO2. The van der Waals surface area contributed by atoms with Crippen molar-refractivity contribution in [2.75, 3.05) is 0 Å². The van der Waals surface area contributed by atoms with Gasteiger partial charge in [0.1, 0.15) is 5.82 Å². The summed E-state index contributed by atoms with van der Waals surface area (Å²) in [6, 6.07) is 15.8. The Hall–Kier alpha value is -3.01. The summed E-state index contributed by atoms with van der Waals surface area (Å²) in [5.41, 5.74) is 2.20. The van der Waals surface area contributed by atoms with Crippen LogP contribution in [0.25, 0.3) is 6.08 Å². The van der Waals surface area contributed by atoms with Crippen LogP contribution in [-0.2, 0) is 9.53 Å². The van der Waals surface area contributed by atoms with Gasteiger partial charge in [0.15, 0.2) is 5.70 Å². The highest BCUT2D eigenvalue weighted by Crippen LogP contribution is 2.20. The number of ether oxygens (including phenoxy) is 1. The summed E-state index contributed by atoms with van der Waals surface area (Å²) in [5.74, 6) is -1.06. The minimum atomic E-state index is -0.580. The van der Waals surface area contributed by atoms with Crippen LogP contribution in [-0.4, -0.2) is 11.9 Å². The SMILES string of the molecule is CC(=C/c1ccccc1)/C=C1\N=C(c2ccccc2F)OC1=O. The molecule has 0 spiro atoms. The number of nitrogens with zero attached hydrogens (tertiary/aromatic N) is 1. The maximum absolute atomic E-state index is 13.7. The number of cyclic esters (lactones) is 1. The minimum absolute atomic E-state index is 0.00754. The van der Waals surface area contributed by atoms with E-state index in [2.05, 4.69) is 4.99 Å². The molecule has 1 heterocycles. The zero-order valence-electron chi connectivity index (χ0n) is 12.5. The summed E-state index contributed by atoms with van der Waals surface area (Å²) >= 11 is 0. The molecule has 2 aromatic rings. The smallest absolute Gasteiger partial charge is 0.363 e. The molecule has 114 valence electrons. The lowest BCUT2D eigenvalue weighted by Crippen LogP contribution is -2.07. The molecule has 0 radical (unpaired) electrons. The third kappa shape index (κ3) is 3.43. The molecule has 0 bridgehead atoms. The summed E-state index contributed by atoms with van der Waals surface area (Å²) in [5, 5.41) is 0. The molecule has 0 fully saturated rings.